The molecule has 0 aliphatic carbocycles. The van der Waals surface area contributed by atoms with E-state index in [0.717, 1.165) is 10.6 Å². The van der Waals surface area contributed by atoms with E-state index in [4.69, 9.17) is 15.6 Å². The molecule has 0 fully saturated rings. The number of nitrogens with zero attached hydrogens (tertiary/aromatic N) is 1. The van der Waals surface area contributed by atoms with E-state index < -0.39 is 5.97 Å². The van der Waals surface area contributed by atoms with Crippen molar-refractivity contribution in [2.75, 3.05) is 12.8 Å². The summed E-state index contributed by atoms with van der Waals surface area (Å²) < 4.78 is 5.06. The number of hydrogen-bond donors (Lipinski definition) is 2. The fourth-order valence-corrected chi connectivity index (χ4v) is 2.32. The summed E-state index contributed by atoms with van der Waals surface area (Å²) in [5.74, 6) is -0.302. The molecule has 2 aromatic rings. The second kappa shape index (κ2) is 5.62. The van der Waals surface area contributed by atoms with Crippen LogP contribution in [0.5, 0.6) is 5.75 Å². The summed E-state index contributed by atoms with van der Waals surface area (Å²) in [6.45, 7) is 0. The smallest absolute Gasteiger partial charge is 0.338 e. The van der Waals surface area contributed by atoms with Gasteiger partial charge >= 0.3 is 5.97 Å². The van der Waals surface area contributed by atoms with Crippen molar-refractivity contribution in [2.24, 2.45) is 0 Å². The molecule has 0 saturated heterocycles. The minimum Gasteiger partial charge on any atom is -0.497 e. The number of hydrogen-bond acceptors (Lipinski definition) is 5. The molecule has 3 N–H and O–H groups in total. The van der Waals surface area contributed by atoms with Gasteiger partial charge in [0.25, 0.3) is 0 Å². The van der Waals surface area contributed by atoms with Crippen LogP contribution < -0.4 is 10.5 Å². The number of nitrogen functional groups attached to an aromatic ring is 1. The zero-order valence-electron chi connectivity index (χ0n) is 10.2. The van der Waals surface area contributed by atoms with Crippen molar-refractivity contribution in [1.29, 1.82) is 0 Å². The Morgan fingerprint density at radius 2 is 2.05 bits per heavy atom. The highest BCUT2D eigenvalue weighted by Crippen LogP contribution is 2.30. The maximum absolute atomic E-state index is 11.1. The van der Waals surface area contributed by atoms with Crippen molar-refractivity contribution in [3.05, 3.63) is 42.1 Å². The highest BCUT2D eigenvalue weighted by Gasteiger charge is 2.13. The third-order valence-electron chi connectivity index (χ3n) is 2.38. The van der Waals surface area contributed by atoms with Gasteiger partial charge in [-0.3, -0.25) is 0 Å². The molecule has 98 valence electrons. The Balaban J connectivity index is 2.29. The lowest BCUT2D eigenvalue weighted by molar-refractivity contribution is 0.0692. The molecule has 6 heteroatoms. The van der Waals surface area contributed by atoms with Gasteiger partial charge in [0, 0.05) is 4.90 Å². The van der Waals surface area contributed by atoms with E-state index in [1.165, 1.54) is 24.0 Å². The van der Waals surface area contributed by atoms with E-state index >= 15 is 0 Å². The van der Waals surface area contributed by atoms with Gasteiger partial charge in [-0.15, -0.1) is 0 Å². The Morgan fingerprint density at radius 1 is 1.37 bits per heavy atom. The Morgan fingerprint density at radius 3 is 2.63 bits per heavy atom. The maximum Gasteiger partial charge on any atom is 0.338 e. The SMILES string of the molecule is COc1ccc(Sc2ncc(N)cc2C(=O)O)cc1. The molecule has 0 atom stereocenters. The predicted octanol–water partition coefficient (Wildman–Crippen LogP) is 2.52. The van der Waals surface area contributed by atoms with Crippen LogP contribution in [0.4, 0.5) is 5.69 Å². The van der Waals surface area contributed by atoms with Crippen LogP contribution in [0, 0.1) is 0 Å². The van der Waals surface area contributed by atoms with Gasteiger partial charge in [0.05, 0.1) is 24.6 Å². The number of rotatable bonds is 4. The van der Waals surface area contributed by atoms with Crippen LogP contribution in [-0.4, -0.2) is 23.2 Å². The van der Waals surface area contributed by atoms with Gasteiger partial charge in [0.15, 0.2) is 0 Å². The Hall–Kier alpha value is -2.21. The van der Waals surface area contributed by atoms with E-state index in [-0.39, 0.29) is 5.56 Å². The highest BCUT2D eigenvalue weighted by atomic mass is 32.2. The van der Waals surface area contributed by atoms with Crippen molar-refractivity contribution in [3.8, 4) is 5.75 Å². The monoisotopic (exact) mass is 276 g/mol. The summed E-state index contributed by atoms with van der Waals surface area (Å²) in [6, 6.07) is 8.70. The average Bonchev–Trinajstić information content (AvgIpc) is 2.41. The highest BCUT2D eigenvalue weighted by molar-refractivity contribution is 7.99. The Bertz CT molecular complexity index is 599. The molecule has 0 radical (unpaired) electrons. The first-order chi connectivity index (χ1) is 9.10. The van der Waals surface area contributed by atoms with Crippen LogP contribution in [0.3, 0.4) is 0 Å². The molecule has 1 aromatic carbocycles. The van der Waals surface area contributed by atoms with Crippen molar-refractivity contribution >= 4 is 23.4 Å². The zero-order chi connectivity index (χ0) is 13.8. The number of anilines is 1. The number of pyridine rings is 1. The summed E-state index contributed by atoms with van der Waals surface area (Å²) in [7, 11) is 1.59. The maximum atomic E-state index is 11.1. The molecular formula is C13H12N2O3S. The summed E-state index contributed by atoms with van der Waals surface area (Å²) >= 11 is 1.27. The number of aromatic carboxylic acids is 1. The Kier molecular flexibility index (Phi) is 3.91. The minimum atomic E-state index is -1.05. The first-order valence-electron chi connectivity index (χ1n) is 5.41. The van der Waals surface area contributed by atoms with Crippen molar-refractivity contribution < 1.29 is 14.6 Å². The molecular weight excluding hydrogens is 264 g/mol. The second-order valence-electron chi connectivity index (χ2n) is 3.70. The number of methoxy groups -OCH3 is 1. The van der Waals surface area contributed by atoms with E-state index in [0.29, 0.717) is 10.7 Å². The number of ether oxygens (including phenoxy) is 1. The number of carboxylic acid groups (broad SMARTS) is 1. The van der Waals surface area contributed by atoms with Crippen molar-refractivity contribution in [1.82, 2.24) is 4.98 Å². The van der Waals surface area contributed by atoms with Gasteiger partial charge in [0.2, 0.25) is 0 Å². The number of benzene rings is 1. The van der Waals surface area contributed by atoms with Crippen molar-refractivity contribution in [2.45, 2.75) is 9.92 Å². The molecule has 0 amide bonds. The van der Waals surface area contributed by atoms with Gasteiger partial charge in [0.1, 0.15) is 10.8 Å². The van der Waals surface area contributed by atoms with Crippen LogP contribution >= 0.6 is 11.8 Å². The lowest BCUT2D eigenvalue weighted by atomic mass is 10.3. The molecule has 1 aromatic heterocycles. The van der Waals surface area contributed by atoms with E-state index in [2.05, 4.69) is 4.98 Å². The Labute approximate surface area is 114 Å². The number of carboxylic acids is 1. The molecule has 19 heavy (non-hydrogen) atoms. The molecule has 0 aliphatic rings. The largest absolute Gasteiger partial charge is 0.497 e. The number of carbonyl (C=O) groups is 1. The van der Waals surface area contributed by atoms with Crippen LogP contribution in [0.2, 0.25) is 0 Å². The number of nitrogens with two attached hydrogens (primary N) is 1. The average molecular weight is 276 g/mol. The predicted molar refractivity (Wildman–Crippen MR) is 72.7 cm³/mol. The molecule has 2 rings (SSSR count). The fraction of sp³-hybridized carbons (Fsp3) is 0.0769. The normalized spacial score (nSPS) is 10.2. The molecule has 0 saturated carbocycles. The van der Waals surface area contributed by atoms with Gasteiger partial charge in [-0.1, -0.05) is 11.8 Å². The molecule has 0 aliphatic heterocycles. The quantitative estimate of drug-likeness (QED) is 0.892. The zero-order valence-corrected chi connectivity index (χ0v) is 11.0. The summed E-state index contributed by atoms with van der Waals surface area (Å²) in [6.07, 6.45) is 1.44. The topological polar surface area (TPSA) is 85.4 Å². The fourth-order valence-electron chi connectivity index (χ4n) is 1.46. The van der Waals surface area contributed by atoms with Gasteiger partial charge in [-0.25, -0.2) is 9.78 Å². The van der Waals surface area contributed by atoms with E-state index in [9.17, 15) is 4.79 Å². The van der Waals surface area contributed by atoms with Crippen molar-refractivity contribution in [3.63, 3.8) is 0 Å². The summed E-state index contributed by atoms with van der Waals surface area (Å²) in [5, 5.41) is 9.53. The van der Waals surface area contributed by atoms with Gasteiger partial charge in [-0.05, 0) is 30.3 Å². The van der Waals surface area contributed by atoms with Gasteiger partial charge < -0.3 is 15.6 Å². The first kappa shape index (κ1) is 13.2. The summed E-state index contributed by atoms with van der Waals surface area (Å²) in [5.41, 5.74) is 5.97. The molecule has 1 heterocycles. The van der Waals surface area contributed by atoms with Crippen LogP contribution in [0.25, 0.3) is 0 Å². The first-order valence-corrected chi connectivity index (χ1v) is 6.22. The summed E-state index contributed by atoms with van der Waals surface area (Å²) in [4.78, 5) is 16.1. The third-order valence-corrected chi connectivity index (χ3v) is 3.40. The minimum absolute atomic E-state index is 0.0980. The standard InChI is InChI=1S/C13H12N2O3S/c1-18-9-2-4-10(5-3-9)19-12-11(13(16)17)6-8(14)7-15-12/h2-7H,14H2,1H3,(H,16,17). The molecule has 0 spiro atoms. The van der Waals surface area contributed by atoms with Gasteiger partial charge in [-0.2, -0.15) is 0 Å². The van der Waals surface area contributed by atoms with Crippen LogP contribution in [0.1, 0.15) is 10.4 Å². The lowest BCUT2D eigenvalue weighted by Crippen LogP contribution is -2.02. The van der Waals surface area contributed by atoms with Crippen LogP contribution in [0.15, 0.2) is 46.5 Å². The molecule has 0 bridgehead atoms. The number of aromatic nitrogens is 1. The van der Waals surface area contributed by atoms with Crippen LogP contribution in [-0.2, 0) is 0 Å². The molecule has 5 nitrogen and oxygen atoms in total. The lowest BCUT2D eigenvalue weighted by Gasteiger charge is -2.06. The second-order valence-corrected chi connectivity index (χ2v) is 4.77. The van der Waals surface area contributed by atoms with E-state index in [1.807, 2.05) is 12.1 Å². The third kappa shape index (κ3) is 3.17. The molecule has 0 unspecified atom stereocenters. The van der Waals surface area contributed by atoms with E-state index in [1.54, 1.807) is 19.2 Å².